The SMILES string of the molecule is CNC(CCSC)c1cccc2ccsc12. The Morgan fingerprint density at radius 3 is 3.00 bits per heavy atom. The Bertz CT molecular complexity index is 450. The normalized spacial score (nSPS) is 13.1. The number of benzene rings is 1. The summed E-state index contributed by atoms with van der Waals surface area (Å²) in [6, 6.07) is 9.28. The second-order valence-electron chi connectivity index (χ2n) is 3.81. The summed E-state index contributed by atoms with van der Waals surface area (Å²) in [4.78, 5) is 0. The third-order valence-electron chi connectivity index (χ3n) is 2.84. The molecule has 0 aliphatic heterocycles. The highest BCUT2D eigenvalue weighted by Gasteiger charge is 2.12. The molecule has 1 nitrogen and oxygen atoms in total. The van der Waals surface area contributed by atoms with Gasteiger partial charge in [-0.05, 0) is 47.9 Å². The lowest BCUT2D eigenvalue weighted by atomic mass is 10.0. The average molecular weight is 251 g/mol. The Morgan fingerprint density at radius 1 is 1.38 bits per heavy atom. The van der Waals surface area contributed by atoms with Crippen LogP contribution in [-0.2, 0) is 0 Å². The molecule has 3 heteroatoms. The fourth-order valence-electron chi connectivity index (χ4n) is 1.98. The summed E-state index contributed by atoms with van der Waals surface area (Å²) >= 11 is 3.76. The Balaban J connectivity index is 2.32. The van der Waals surface area contributed by atoms with Gasteiger partial charge in [-0.25, -0.2) is 0 Å². The average Bonchev–Trinajstić information content (AvgIpc) is 2.78. The van der Waals surface area contributed by atoms with Crippen molar-refractivity contribution in [2.45, 2.75) is 12.5 Å². The van der Waals surface area contributed by atoms with Gasteiger partial charge in [0, 0.05) is 10.7 Å². The lowest BCUT2D eigenvalue weighted by Gasteiger charge is -2.16. The summed E-state index contributed by atoms with van der Waals surface area (Å²) in [5.74, 6) is 1.20. The minimum atomic E-state index is 0.481. The molecule has 0 aliphatic carbocycles. The van der Waals surface area contributed by atoms with Gasteiger partial charge in [-0.2, -0.15) is 11.8 Å². The molecular formula is C13H17NS2. The van der Waals surface area contributed by atoms with E-state index in [0.29, 0.717) is 6.04 Å². The molecule has 0 aliphatic rings. The van der Waals surface area contributed by atoms with Crippen LogP contribution in [0.5, 0.6) is 0 Å². The van der Waals surface area contributed by atoms with Crippen molar-refractivity contribution in [2.75, 3.05) is 19.1 Å². The Labute approximate surface area is 105 Å². The van der Waals surface area contributed by atoms with Crippen molar-refractivity contribution in [2.24, 2.45) is 0 Å². The van der Waals surface area contributed by atoms with Crippen molar-refractivity contribution >= 4 is 33.2 Å². The quantitative estimate of drug-likeness (QED) is 0.864. The van der Waals surface area contributed by atoms with Gasteiger partial charge in [-0.15, -0.1) is 11.3 Å². The summed E-state index contributed by atoms with van der Waals surface area (Å²) in [5.41, 5.74) is 1.45. The van der Waals surface area contributed by atoms with Gasteiger partial charge < -0.3 is 5.32 Å². The van der Waals surface area contributed by atoms with E-state index in [9.17, 15) is 0 Å². The van der Waals surface area contributed by atoms with Crippen LogP contribution in [0.15, 0.2) is 29.6 Å². The van der Waals surface area contributed by atoms with Crippen LogP contribution in [0.1, 0.15) is 18.0 Å². The largest absolute Gasteiger partial charge is 0.313 e. The van der Waals surface area contributed by atoms with Crippen molar-refractivity contribution in [3.05, 3.63) is 35.2 Å². The third kappa shape index (κ3) is 2.42. The predicted molar refractivity (Wildman–Crippen MR) is 76.6 cm³/mol. The summed E-state index contributed by atoms with van der Waals surface area (Å²) in [6.45, 7) is 0. The van der Waals surface area contributed by atoms with Crippen LogP contribution in [0.25, 0.3) is 10.1 Å². The molecule has 16 heavy (non-hydrogen) atoms. The van der Waals surface area contributed by atoms with Crippen LogP contribution >= 0.6 is 23.1 Å². The van der Waals surface area contributed by atoms with E-state index in [-0.39, 0.29) is 0 Å². The summed E-state index contributed by atoms with van der Waals surface area (Å²) in [6.07, 6.45) is 3.35. The molecule has 1 aromatic carbocycles. The van der Waals surface area contributed by atoms with E-state index in [1.165, 1.54) is 27.8 Å². The maximum atomic E-state index is 3.43. The van der Waals surface area contributed by atoms with Crippen molar-refractivity contribution in [3.8, 4) is 0 Å². The molecule has 1 heterocycles. The molecule has 0 bridgehead atoms. The summed E-state index contributed by atoms with van der Waals surface area (Å²) in [5, 5.41) is 6.97. The molecule has 1 N–H and O–H groups in total. The number of thioether (sulfide) groups is 1. The zero-order valence-electron chi connectivity index (χ0n) is 9.69. The van der Waals surface area contributed by atoms with Crippen LogP contribution in [0.3, 0.4) is 0 Å². The first kappa shape index (κ1) is 12.0. The van der Waals surface area contributed by atoms with Crippen LogP contribution < -0.4 is 5.32 Å². The molecule has 0 saturated carbocycles. The minimum Gasteiger partial charge on any atom is -0.313 e. The molecule has 0 radical (unpaired) electrons. The lowest BCUT2D eigenvalue weighted by Crippen LogP contribution is -2.17. The van der Waals surface area contributed by atoms with Gasteiger partial charge in [0.1, 0.15) is 0 Å². The highest BCUT2D eigenvalue weighted by Crippen LogP contribution is 2.30. The molecule has 1 atom stereocenters. The number of hydrogen-bond donors (Lipinski definition) is 1. The number of thiophene rings is 1. The van der Waals surface area contributed by atoms with Gasteiger partial charge in [0.25, 0.3) is 0 Å². The molecule has 0 spiro atoms. The predicted octanol–water partition coefficient (Wildman–Crippen LogP) is 3.91. The highest BCUT2D eigenvalue weighted by atomic mass is 32.2. The zero-order valence-corrected chi connectivity index (χ0v) is 11.3. The highest BCUT2D eigenvalue weighted by molar-refractivity contribution is 7.98. The molecule has 0 amide bonds. The van der Waals surface area contributed by atoms with Gasteiger partial charge in [-0.1, -0.05) is 18.2 Å². The van der Waals surface area contributed by atoms with Crippen molar-refractivity contribution in [1.29, 1.82) is 0 Å². The number of rotatable bonds is 5. The molecular weight excluding hydrogens is 234 g/mol. The maximum absolute atomic E-state index is 3.43. The molecule has 0 saturated heterocycles. The Morgan fingerprint density at radius 2 is 2.25 bits per heavy atom. The number of nitrogens with one attached hydrogen (secondary N) is 1. The van der Waals surface area contributed by atoms with Crippen molar-refractivity contribution in [1.82, 2.24) is 5.32 Å². The maximum Gasteiger partial charge on any atom is 0.0390 e. The van der Waals surface area contributed by atoms with E-state index in [0.717, 1.165) is 0 Å². The molecule has 1 unspecified atom stereocenters. The van der Waals surface area contributed by atoms with Crippen molar-refractivity contribution in [3.63, 3.8) is 0 Å². The smallest absolute Gasteiger partial charge is 0.0390 e. The van der Waals surface area contributed by atoms with Crippen LogP contribution in [0, 0.1) is 0 Å². The lowest BCUT2D eigenvalue weighted by molar-refractivity contribution is 0.586. The van der Waals surface area contributed by atoms with Crippen LogP contribution in [0.4, 0.5) is 0 Å². The monoisotopic (exact) mass is 251 g/mol. The van der Waals surface area contributed by atoms with Crippen LogP contribution in [0.2, 0.25) is 0 Å². The van der Waals surface area contributed by atoms with Gasteiger partial charge in [-0.3, -0.25) is 0 Å². The molecule has 0 fully saturated rings. The second-order valence-corrected chi connectivity index (χ2v) is 5.71. The van der Waals surface area contributed by atoms with E-state index >= 15 is 0 Å². The first-order valence-electron chi connectivity index (χ1n) is 5.49. The number of fused-ring (bicyclic) bond motifs is 1. The minimum absolute atomic E-state index is 0.481. The molecule has 86 valence electrons. The Kier molecular flexibility index (Phi) is 4.27. The fraction of sp³-hybridized carbons (Fsp3) is 0.385. The molecule has 1 aromatic heterocycles. The molecule has 2 aromatic rings. The number of hydrogen-bond acceptors (Lipinski definition) is 3. The fourth-order valence-corrected chi connectivity index (χ4v) is 3.42. The van der Waals surface area contributed by atoms with Gasteiger partial charge in [0.05, 0.1) is 0 Å². The summed E-state index contributed by atoms with van der Waals surface area (Å²) in [7, 11) is 2.05. The zero-order chi connectivity index (χ0) is 11.4. The van der Waals surface area contributed by atoms with E-state index in [1.807, 2.05) is 23.1 Å². The first-order chi connectivity index (χ1) is 7.86. The summed E-state index contributed by atoms with van der Waals surface area (Å²) < 4.78 is 1.43. The van der Waals surface area contributed by atoms with E-state index in [1.54, 1.807) is 0 Å². The van der Waals surface area contributed by atoms with Gasteiger partial charge in [0.2, 0.25) is 0 Å². The van der Waals surface area contributed by atoms with E-state index in [2.05, 4.69) is 48.3 Å². The third-order valence-corrected chi connectivity index (χ3v) is 4.47. The topological polar surface area (TPSA) is 12.0 Å². The van der Waals surface area contributed by atoms with Gasteiger partial charge in [0.15, 0.2) is 0 Å². The van der Waals surface area contributed by atoms with E-state index in [4.69, 9.17) is 0 Å². The Hall–Kier alpha value is -0.510. The standard InChI is InChI=1S/C13H17NS2/c1-14-12(7-8-15-2)11-5-3-4-10-6-9-16-13(10)11/h3-6,9,12,14H,7-8H2,1-2H3. The van der Waals surface area contributed by atoms with Gasteiger partial charge >= 0.3 is 0 Å². The first-order valence-corrected chi connectivity index (χ1v) is 7.76. The second kappa shape index (κ2) is 5.71. The molecule has 2 rings (SSSR count). The van der Waals surface area contributed by atoms with E-state index < -0.39 is 0 Å². The van der Waals surface area contributed by atoms with Crippen molar-refractivity contribution < 1.29 is 0 Å². The van der Waals surface area contributed by atoms with Crippen LogP contribution in [-0.4, -0.2) is 19.1 Å².